The number of anilines is 1. The first-order chi connectivity index (χ1) is 10.7. The number of fused-ring (bicyclic) bond motifs is 1. The van der Waals surface area contributed by atoms with E-state index in [0.29, 0.717) is 17.7 Å². The van der Waals surface area contributed by atoms with E-state index in [4.69, 9.17) is 12.2 Å². The van der Waals surface area contributed by atoms with Crippen LogP contribution in [0.1, 0.15) is 18.4 Å². The molecule has 3 rings (SSSR count). The molecule has 1 heterocycles. The van der Waals surface area contributed by atoms with Crippen LogP contribution in [0, 0.1) is 29.4 Å². The first-order valence-corrected chi connectivity index (χ1v) is 7.22. The number of thiocarbonyl (C=S) groups is 1. The van der Waals surface area contributed by atoms with Crippen molar-refractivity contribution in [3.05, 3.63) is 29.3 Å². The summed E-state index contributed by atoms with van der Waals surface area (Å²) in [4.78, 5) is 0.641. The average Bonchev–Trinajstić information content (AvgIpc) is 3.27. The molecule has 1 atom stereocenters. The Kier molecular flexibility index (Phi) is 3.52. The Labute approximate surface area is 134 Å². The van der Waals surface area contributed by atoms with E-state index in [2.05, 4.69) is 17.2 Å². The van der Waals surface area contributed by atoms with Crippen LogP contribution in [-0.4, -0.2) is 23.2 Å². The summed E-state index contributed by atoms with van der Waals surface area (Å²) in [7, 11) is 1.07. The van der Waals surface area contributed by atoms with Crippen molar-refractivity contribution in [1.29, 1.82) is 0 Å². The minimum Gasteiger partial charge on any atom is -0.332 e. The minimum atomic E-state index is -4.97. The number of benzene rings is 1. The Morgan fingerprint density at radius 1 is 1.30 bits per heavy atom. The Balaban J connectivity index is 2.35. The molecular formula is C15H11F5N2S. The van der Waals surface area contributed by atoms with Crippen LogP contribution in [0.5, 0.6) is 0 Å². The van der Waals surface area contributed by atoms with Crippen molar-refractivity contribution < 1.29 is 22.0 Å². The van der Waals surface area contributed by atoms with Crippen LogP contribution >= 0.6 is 12.2 Å². The van der Waals surface area contributed by atoms with E-state index in [1.165, 1.54) is 0 Å². The SMILES string of the molecule is CN1C(=S)Nc2ccc(F)c(F)c2C1(C#CC1CC1)C(F)(F)F. The predicted octanol–water partition coefficient (Wildman–Crippen LogP) is 3.78. The lowest BCUT2D eigenvalue weighted by atomic mass is 9.84. The van der Waals surface area contributed by atoms with Gasteiger partial charge in [0.1, 0.15) is 0 Å². The zero-order valence-corrected chi connectivity index (χ0v) is 12.7. The van der Waals surface area contributed by atoms with Crippen molar-refractivity contribution >= 4 is 23.0 Å². The molecule has 0 spiro atoms. The van der Waals surface area contributed by atoms with E-state index in [-0.39, 0.29) is 16.7 Å². The van der Waals surface area contributed by atoms with Gasteiger partial charge < -0.3 is 10.2 Å². The second kappa shape index (κ2) is 5.06. The van der Waals surface area contributed by atoms with Gasteiger partial charge in [-0.05, 0) is 37.2 Å². The Hall–Kier alpha value is -1.88. The summed E-state index contributed by atoms with van der Waals surface area (Å²) in [5.41, 5.74) is -4.12. The molecule has 8 heteroatoms. The average molecular weight is 346 g/mol. The van der Waals surface area contributed by atoms with Crippen molar-refractivity contribution in [1.82, 2.24) is 4.90 Å². The van der Waals surface area contributed by atoms with Gasteiger partial charge in [-0.2, -0.15) is 13.2 Å². The van der Waals surface area contributed by atoms with E-state index in [0.717, 1.165) is 19.2 Å². The van der Waals surface area contributed by atoms with Gasteiger partial charge in [-0.25, -0.2) is 8.78 Å². The molecule has 122 valence electrons. The minimum absolute atomic E-state index is 0.147. The number of halogens is 5. The van der Waals surface area contributed by atoms with Gasteiger partial charge in [0.25, 0.3) is 0 Å². The monoisotopic (exact) mass is 346 g/mol. The molecule has 2 nitrogen and oxygen atoms in total. The molecule has 0 radical (unpaired) electrons. The van der Waals surface area contributed by atoms with Gasteiger partial charge in [-0.3, -0.25) is 0 Å². The van der Waals surface area contributed by atoms with Gasteiger partial charge >= 0.3 is 6.18 Å². The topological polar surface area (TPSA) is 15.3 Å². The molecule has 1 unspecified atom stereocenters. The van der Waals surface area contributed by atoms with E-state index in [1.54, 1.807) is 0 Å². The fourth-order valence-electron chi connectivity index (χ4n) is 2.51. The molecule has 0 bridgehead atoms. The van der Waals surface area contributed by atoms with Gasteiger partial charge in [-0.15, -0.1) is 0 Å². The van der Waals surface area contributed by atoms with Crippen LogP contribution in [0.2, 0.25) is 0 Å². The highest BCUT2D eigenvalue weighted by Gasteiger charge is 2.63. The third-order valence-corrected chi connectivity index (χ3v) is 4.33. The van der Waals surface area contributed by atoms with Crippen molar-refractivity contribution in [3.8, 4) is 11.8 Å². The van der Waals surface area contributed by atoms with E-state index >= 15 is 0 Å². The second-order valence-electron chi connectivity index (χ2n) is 5.52. The number of hydrogen-bond acceptors (Lipinski definition) is 1. The molecule has 1 N–H and O–H groups in total. The maximum atomic E-state index is 14.3. The lowest BCUT2D eigenvalue weighted by Crippen LogP contribution is -2.60. The van der Waals surface area contributed by atoms with Crippen LogP contribution in [-0.2, 0) is 5.54 Å². The smallest absolute Gasteiger partial charge is 0.332 e. The summed E-state index contributed by atoms with van der Waals surface area (Å²) < 4.78 is 69.8. The van der Waals surface area contributed by atoms with Crippen LogP contribution in [0.3, 0.4) is 0 Å². The highest BCUT2D eigenvalue weighted by atomic mass is 32.1. The van der Waals surface area contributed by atoms with Gasteiger partial charge in [0.15, 0.2) is 16.7 Å². The molecule has 23 heavy (non-hydrogen) atoms. The van der Waals surface area contributed by atoms with E-state index in [1.807, 2.05) is 0 Å². The summed E-state index contributed by atoms with van der Waals surface area (Å²) in [6, 6.07) is 1.79. The molecule has 1 aromatic rings. The molecule has 1 fully saturated rings. The van der Waals surface area contributed by atoms with Gasteiger partial charge in [0.2, 0.25) is 5.54 Å². The van der Waals surface area contributed by atoms with E-state index < -0.39 is 28.9 Å². The first kappa shape index (κ1) is 16.0. The Bertz CT molecular complexity index is 745. The molecular weight excluding hydrogens is 335 g/mol. The normalized spacial score (nSPS) is 23.7. The number of nitrogens with one attached hydrogen (secondary N) is 1. The summed E-state index contributed by atoms with van der Waals surface area (Å²) in [5, 5.41) is 2.23. The van der Waals surface area contributed by atoms with Crippen molar-refractivity contribution in [2.75, 3.05) is 12.4 Å². The third-order valence-electron chi connectivity index (χ3n) is 3.95. The van der Waals surface area contributed by atoms with E-state index in [9.17, 15) is 22.0 Å². The van der Waals surface area contributed by atoms with Crippen LogP contribution in [0.25, 0.3) is 0 Å². The fourth-order valence-corrected chi connectivity index (χ4v) is 2.76. The standard InChI is InChI=1S/C15H11F5N2S/c1-22-13(23)21-10-5-4-9(16)12(17)11(10)14(22,15(18,19)20)7-6-8-2-3-8/h4-5,8H,2-3H2,1H3,(H,21,23). The molecule has 0 saturated heterocycles. The molecule has 1 aromatic carbocycles. The van der Waals surface area contributed by atoms with Crippen molar-refractivity contribution in [2.45, 2.75) is 24.6 Å². The first-order valence-electron chi connectivity index (χ1n) is 6.81. The van der Waals surface area contributed by atoms with Gasteiger partial charge in [0.05, 0.1) is 11.3 Å². The van der Waals surface area contributed by atoms with Crippen LogP contribution in [0.15, 0.2) is 12.1 Å². The summed E-state index contributed by atoms with van der Waals surface area (Å²) >= 11 is 4.92. The summed E-state index contributed by atoms with van der Waals surface area (Å²) in [6.45, 7) is 0. The number of rotatable bonds is 0. The molecule has 1 aliphatic heterocycles. The Morgan fingerprint density at radius 3 is 2.52 bits per heavy atom. The number of alkyl halides is 3. The molecule has 1 saturated carbocycles. The predicted molar refractivity (Wildman–Crippen MR) is 78.6 cm³/mol. The largest absolute Gasteiger partial charge is 0.427 e. The molecule has 0 amide bonds. The lowest BCUT2D eigenvalue weighted by Gasteiger charge is -2.45. The number of nitrogens with zero attached hydrogens (tertiary/aromatic N) is 1. The highest BCUT2D eigenvalue weighted by Crippen LogP contribution is 2.49. The Morgan fingerprint density at radius 2 is 1.96 bits per heavy atom. The molecule has 0 aromatic heterocycles. The summed E-state index contributed by atoms with van der Waals surface area (Å²) in [5.74, 6) is 1.59. The maximum absolute atomic E-state index is 14.3. The van der Waals surface area contributed by atoms with Crippen LogP contribution < -0.4 is 5.32 Å². The zero-order valence-electron chi connectivity index (χ0n) is 11.9. The third kappa shape index (κ3) is 2.34. The fraction of sp³-hybridized carbons (Fsp3) is 0.400. The van der Waals surface area contributed by atoms with Crippen molar-refractivity contribution in [3.63, 3.8) is 0 Å². The van der Waals surface area contributed by atoms with Gasteiger partial charge in [0, 0.05) is 13.0 Å². The summed E-state index contributed by atoms with van der Waals surface area (Å²) in [6.07, 6.45) is -3.57. The highest BCUT2D eigenvalue weighted by molar-refractivity contribution is 7.80. The van der Waals surface area contributed by atoms with Gasteiger partial charge in [-0.1, -0.05) is 11.8 Å². The second-order valence-corrected chi connectivity index (χ2v) is 5.91. The maximum Gasteiger partial charge on any atom is 0.427 e. The quantitative estimate of drug-likeness (QED) is 0.437. The van der Waals surface area contributed by atoms with Crippen LogP contribution in [0.4, 0.5) is 27.6 Å². The van der Waals surface area contributed by atoms with Crippen molar-refractivity contribution in [2.24, 2.45) is 5.92 Å². The molecule has 2 aliphatic rings. The zero-order chi connectivity index (χ0) is 17.0. The number of hydrogen-bond donors (Lipinski definition) is 1. The lowest BCUT2D eigenvalue weighted by molar-refractivity contribution is -0.202. The molecule has 1 aliphatic carbocycles.